The van der Waals surface area contributed by atoms with E-state index in [-0.39, 0.29) is 16.5 Å². The number of rotatable bonds is 0. The molecule has 29 heavy (non-hydrogen) atoms. The fourth-order valence-electron chi connectivity index (χ4n) is 5.44. The van der Waals surface area contributed by atoms with Crippen LogP contribution in [-0.2, 0) is 5.41 Å². The topological polar surface area (TPSA) is 0 Å². The summed E-state index contributed by atoms with van der Waals surface area (Å²) < 4.78 is 0. The molecular weight excluding hydrogens is 482 g/mol. The largest absolute Gasteiger partial charge is 0.288 e. The summed E-state index contributed by atoms with van der Waals surface area (Å²) in [6.45, 7) is 0. The maximum absolute atomic E-state index is 4.02. The Hall–Kier alpha value is -2.03. The monoisotopic (exact) mass is 496 g/mol. The number of hydrogen-bond donors (Lipinski definition) is 0. The molecule has 2 aliphatic heterocycles. The average molecular weight is 498 g/mol. The molecule has 0 atom stereocenters. The van der Waals surface area contributed by atoms with Gasteiger partial charge in [-0.1, -0.05) is 119 Å². The lowest BCUT2D eigenvalue weighted by Gasteiger charge is -2.48. The van der Waals surface area contributed by atoms with E-state index in [9.17, 15) is 0 Å². The van der Waals surface area contributed by atoms with Crippen LogP contribution >= 0.6 is 31.5 Å². The van der Waals surface area contributed by atoms with Gasteiger partial charge in [0.25, 0.3) is 11.1 Å². The van der Waals surface area contributed by atoms with Crippen LogP contribution in [0.15, 0.2) is 97.1 Å². The Morgan fingerprint density at radius 1 is 0.414 bits per heavy atom. The Labute approximate surface area is 188 Å². The molecule has 136 valence electrons. The standard InChI is InChI=1S/C25H16B2Br2/c28-26-21-13-5-1-9-17(21)25(18-10-2-6-14-22(18)26)19-11-3-7-15-23(19)27(29)24-16-8-4-12-20(24)25/h1-16H. The third kappa shape index (κ3) is 2.22. The van der Waals surface area contributed by atoms with Gasteiger partial charge in [-0.25, -0.2) is 0 Å². The summed E-state index contributed by atoms with van der Waals surface area (Å²) in [4.78, 5) is 0. The molecule has 2 aliphatic rings. The van der Waals surface area contributed by atoms with Crippen LogP contribution in [0.1, 0.15) is 22.3 Å². The van der Waals surface area contributed by atoms with Crippen molar-refractivity contribution in [3.63, 3.8) is 0 Å². The summed E-state index contributed by atoms with van der Waals surface area (Å²) in [6.07, 6.45) is 0. The molecule has 4 aromatic carbocycles. The first-order chi connectivity index (χ1) is 14.2. The van der Waals surface area contributed by atoms with Crippen molar-refractivity contribution in [1.82, 2.24) is 0 Å². The van der Waals surface area contributed by atoms with Gasteiger partial charge in [-0.3, -0.25) is 0 Å². The zero-order valence-corrected chi connectivity index (χ0v) is 18.8. The molecule has 0 aromatic heterocycles. The molecule has 0 bridgehead atoms. The molecule has 0 saturated carbocycles. The van der Waals surface area contributed by atoms with Gasteiger partial charge < -0.3 is 0 Å². The van der Waals surface area contributed by atoms with E-state index < -0.39 is 0 Å². The van der Waals surface area contributed by atoms with Gasteiger partial charge in [0, 0.05) is 0 Å². The fraction of sp³-hybridized carbons (Fsp3) is 0.0400. The van der Waals surface area contributed by atoms with Crippen LogP contribution in [0.4, 0.5) is 0 Å². The van der Waals surface area contributed by atoms with Crippen molar-refractivity contribution in [3.05, 3.63) is 119 Å². The zero-order chi connectivity index (χ0) is 19.6. The number of hydrogen-bond acceptors (Lipinski definition) is 0. The summed E-state index contributed by atoms with van der Waals surface area (Å²) in [5.41, 5.74) is 11.0. The van der Waals surface area contributed by atoms with Crippen LogP contribution in [0.3, 0.4) is 0 Å². The highest BCUT2D eigenvalue weighted by molar-refractivity contribution is 9.25. The van der Waals surface area contributed by atoms with E-state index in [2.05, 4.69) is 129 Å². The van der Waals surface area contributed by atoms with Crippen molar-refractivity contribution in [2.24, 2.45) is 0 Å². The minimum absolute atomic E-state index is 0.196. The van der Waals surface area contributed by atoms with Gasteiger partial charge in [-0.15, -0.1) is 31.5 Å². The summed E-state index contributed by atoms with van der Waals surface area (Å²) in [5.74, 6) is 0. The van der Waals surface area contributed by atoms with E-state index in [4.69, 9.17) is 0 Å². The minimum atomic E-state index is -0.311. The van der Waals surface area contributed by atoms with E-state index in [0.717, 1.165) is 0 Å². The molecule has 4 heteroatoms. The molecule has 0 saturated heterocycles. The third-order valence-corrected chi connectivity index (χ3v) is 8.52. The maximum atomic E-state index is 4.02. The van der Waals surface area contributed by atoms with E-state index >= 15 is 0 Å². The lowest BCUT2D eigenvalue weighted by atomic mass is 9.41. The van der Waals surface area contributed by atoms with Gasteiger partial charge in [-0.05, 0) is 22.3 Å². The molecule has 0 N–H and O–H groups in total. The number of benzene rings is 4. The van der Waals surface area contributed by atoms with Gasteiger partial charge in [0.15, 0.2) is 0 Å². The highest BCUT2D eigenvalue weighted by Gasteiger charge is 2.51. The van der Waals surface area contributed by atoms with Gasteiger partial charge in [0.1, 0.15) is 0 Å². The second kappa shape index (κ2) is 6.48. The third-order valence-electron chi connectivity index (χ3n) is 6.55. The lowest BCUT2D eigenvalue weighted by Crippen LogP contribution is -2.61. The number of halogens is 2. The number of fused-ring (bicyclic) bond motifs is 8. The lowest BCUT2D eigenvalue weighted by molar-refractivity contribution is 0.758. The molecule has 2 heterocycles. The van der Waals surface area contributed by atoms with Gasteiger partial charge in [-0.2, -0.15) is 0 Å². The van der Waals surface area contributed by atoms with Crippen LogP contribution in [0.2, 0.25) is 0 Å². The molecule has 6 rings (SSSR count). The normalized spacial score (nSPS) is 15.4. The molecule has 0 amide bonds. The molecule has 0 fully saturated rings. The van der Waals surface area contributed by atoms with Crippen molar-refractivity contribution < 1.29 is 0 Å². The molecule has 4 aromatic rings. The first kappa shape index (κ1) is 17.8. The van der Waals surface area contributed by atoms with Crippen molar-refractivity contribution in [3.8, 4) is 0 Å². The average Bonchev–Trinajstić information content (AvgIpc) is 2.79. The predicted molar refractivity (Wildman–Crippen MR) is 133 cm³/mol. The summed E-state index contributed by atoms with van der Waals surface area (Å²) in [5, 5.41) is 0. The second-order valence-corrected chi connectivity index (χ2v) is 9.66. The van der Waals surface area contributed by atoms with E-state index in [1.165, 1.54) is 44.1 Å². The molecule has 0 nitrogen and oxygen atoms in total. The summed E-state index contributed by atoms with van der Waals surface area (Å²) in [6, 6.07) is 35.7. The fourth-order valence-corrected chi connectivity index (χ4v) is 7.04. The van der Waals surface area contributed by atoms with Crippen LogP contribution in [-0.4, -0.2) is 11.1 Å². The van der Waals surface area contributed by atoms with Crippen LogP contribution in [0.5, 0.6) is 0 Å². The predicted octanol–water partition coefficient (Wildman–Crippen LogP) is 3.70. The van der Waals surface area contributed by atoms with E-state index in [1.807, 2.05) is 0 Å². The zero-order valence-electron chi connectivity index (χ0n) is 15.6. The summed E-state index contributed by atoms with van der Waals surface area (Å²) in [7, 11) is 0. The summed E-state index contributed by atoms with van der Waals surface area (Å²) >= 11 is 8.04. The minimum Gasteiger partial charge on any atom is -0.143 e. The molecule has 0 unspecified atom stereocenters. The van der Waals surface area contributed by atoms with Gasteiger partial charge in [0.2, 0.25) is 0 Å². The van der Waals surface area contributed by atoms with Crippen LogP contribution in [0, 0.1) is 0 Å². The first-order valence-corrected chi connectivity index (χ1v) is 11.7. The highest BCUT2D eigenvalue weighted by atomic mass is 79.9. The Bertz CT molecular complexity index is 1070. The molecule has 1 spiro atoms. The van der Waals surface area contributed by atoms with Crippen LogP contribution in [0.25, 0.3) is 0 Å². The Morgan fingerprint density at radius 2 is 0.655 bits per heavy atom. The van der Waals surface area contributed by atoms with Crippen LogP contribution < -0.4 is 21.9 Å². The smallest absolute Gasteiger partial charge is 0.143 e. The van der Waals surface area contributed by atoms with Crippen molar-refractivity contribution in [2.45, 2.75) is 5.41 Å². The van der Waals surface area contributed by atoms with Gasteiger partial charge >= 0.3 is 0 Å². The Kier molecular flexibility index (Phi) is 3.98. The maximum Gasteiger partial charge on any atom is 0.288 e. The molecular formula is C25H16B2Br2. The highest BCUT2D eigenvalue weighted by Crippen LogP contribution is 2.46. The van der Waals surface area contributed by atoms with Crippen molar-refractivity contribution in [2.75, 3.05) is 0 Å². The van der Waals surface area contributed by atoms with E-state index in [0.29, 0.717) is 0 Å². The quantitative estimate of drug-likeness (QED) is 0.325. The first-order valence-electron chi connectivity index (χ1n) is 9.90. The molecule has 0 radical (unpaired) electrons. The van der Waals surface area contributed by atoms with E-state index in [1.54, 1.807) is 0 Å². The second-order valence-electron chi connectivity index (χ2n) is 7.82. The van der Waals surface area contributed by atoms with Crippen molar-refractivity contribution in [1.29, 1.82) is 0 Å². The Morgan fingerprint density at radius 3 is 0.931 bits per heavy atom. The van der Waals surface area contributed by atoms with Crippen molar-refractivity contribution >= 4 is 64.4 Å². The SMILES string of the molecule is BrB1c2ccccc2C2(c3ccccc31)c1ccccc1B(Br)c1ccccc12. The molecule has 0 aliphatic carbocycles. The Balaban J connectivity index is 1.87. The van der Waals surface area contributed by atoms with Gasteiger partial charge in [0.05, 0.1) is 5.41 Å².